The average Bonchev–Trinajstić information content (AvgIpc) is 3.36. The molecule has 0 aliphatic carbocycles. The molecule has 1 saturated heterocycles. The van der Waals surface area contributed by atoms with Gasteiger partial charge in [-0.1, -0.05) is 56.3 Å². The third-order valence-corrected chi connectivity index (χ3v) is 7.63. The van der Waals surface area contributed by atoms with Crippen LogP contribution in [-0.4, -0.2) is 51.4 Å². The molecule has 2 aromatic heterocycles. The molecule has 0 radical (unpaired) electrons. The second-order valence-electron chi connectivity index (χ2n) is 12.6. The maximum Gasteiger partial charge on any atom is 0.408 e. The second kappa shape index (κ2) is 12.6. The maximum absolute atomic E-state index is 14.0. The van der Waals surface area contributed by atoms with Gasteiger partial charge in [0.25, 0.3) is 5.56 Å². The Morgan fingerprint density at radius 3 is 2.23 bits per heavy atom. The zero-order chi connectivity index (χ0) is 31.6. The zero-order valence-corrected chi connectivity index (χ0v) is 26.3. The number of fused-ring (bicyclic) bond motifs is 1. The molecule has 1 aliphatic heterocycles. The van der Waals surface area contributed by atoms with E-state index in [0.29, 0.717) is 28.2 Å². The van der Waals surface area contributed by atoms with E-state index in [2.05, 4.69) is 15.3 Å². The van der Waals surface area contributed by atoms with Crippen molar-refractivity contribution in [3.63, 3.8) is 0 Å². The van der Waals surface area contributed by atoms with E-state index in [9.17, 15) is 14.4 Å². The van der Waals surface area contributed by atoms with Gasteiger partial charge >= 0.3 is 12.1 Å². The number of aryl methyl sites for hydroxylation is 1. The summed E-state index contributed by atoms with van der Waals surface area (Å²) in [4.78, 5) is 46.6. The van der Waals surface area contributed by atoms with E-state index in [-0.39, 0.29) is 11.5 Å². The van der Waals surface area contributed by atoms with E-state index in [0.717, 1.165) is 42.9 Å². The number of nitrogens with zero attached hydrogens (tertiary/aromatic N) is 3. The predicted octanol–water partition coefficient (Wildman–Crippen LogP) is 6.11. The van der Waals surface area contributed by atoms with Crippen LogP contribution in [0.15, 0.2) is 59.4 Å². The summed E-state index contributed by atoms with van der Waals surface area (Å²) in [6, 6.07) is 15.8. The van der Waals surface area contributed by atoms with E-state index in [4.69, 9.17) is 14.5 Å². The van der Waals surface area contributed by atoms with Crippen LogP contribution in [0.1, 0.15) is 59.6 Å². The summed E-state index contributed by atoms with van der Waals surface area (Å²) >= 11 is 0. The summed E-state index contributed by atoms with van der Waals surface area (Å²) in [7, 11) is 0. The summed E-state index contributed by atoms with van der Waals surface area (Å²) in [5.74, 6) is -0.546. The molecular weight excluding hydrogens is 558 g/mol. The number of nitrogens with one attached hydrogen (secondary N) is 2. The first-order valence-electron chi connectivity index (χ1n) is 15.2. The number of hydrogen-bond donors (Lipinski definition) is 2. The molecule has 2 N–H and O–H groups in total. The minimum Gasteiger partial charge on any atom is -0.444 e. The Morgan fingerprint density at radius 2 is 1.61 bits per heavy atom. The largest absolute Gasteiger partial charge is 0.444 e. The van der Waals surface area contributed by atoms with E-state index in [1.165, 1.54) is 10.9 Å². The molecule has 3 heterocycles. The fourth-order valence-electron chi connectivity index (χ4n) is 5.52. The number of alkyl carbamates (subject to hydrolysis) is 1. The SMILES string of the molecule is Cc1nc2c(N3CCCCC3)c(-c3ccccc3)[nH]n2c(=O)c1-c1ccc(OC(=O)[C@@H](NC(=O)OC(C)(C)C)C(C)C)cc1. The van der Waals surface area contributed by atoms with Gasteiger partial charge in [-0.2, -0.15) is 4.52 Å². The molecule has 2 aromatic carbocycles. The van der Waals surface area contributed by atoms with E-state index in [1.54, 1.807) is 45.0 Å². The lowest BCUT2D eigenvalue weighted by molar-refractivity contribution is -0.137. The van der Waals surface area contributed by atoms with Gasteiger partial charge < -0.3 is 19.7 Å². The Bertz CT molecular complexity index is 1690. The number of benzene rings is 2. The fraction of sp³-hybridized carbons (Fsp3) is 0.412. The Kier molecular flexibility index (Phi) is 8.80. The number of aromatic nitrogens is 3. The predicted molar refractivity (Wildman–Crippen MR) is 171 cm³/mol. The third kappa shape index (κ3) is 6.64. The van der Waals surface area contributed by atoms with Crippen LogP contribution >= 0.6 is 0 Å². The van der Waals surface area contributed by atoms with Crippen molar-refractivity contribution in [1.29, 1.82) is 0 Å². The summed E-state index contributed by atoms with van der Waals surface area (Å²) in [5, 5.41) is 5.97. The molecule has 10 nitrogen and oxygen atoms in total. The standard InChI is InChI=1S/C34H41N5O5/c1-21(2)27(36-33(42)44-34(4,5)6)32(41)43-25-17-15-23(16-18-25)26-22(3)35-30-29(38-19-11-8-12-20-38)28(37-39(30)31(26)40)24-13-9-7-10-14-24/h7,9-10,13-18,21,27,37H,8,11-12,19-20H2,1-6H3,(H,36,42)/t27-/m0/s1. The highest BCUT2D eigenvalue weighted by Crippen LogP contribution is 2.35. The van der Waals surface area contributed by atoms with Gasteiger partial charge in [-0.25, -0.2) is 14.6 Å². The van der Waals surface area contributed by atoms with E-state index >= 15 is 0 Å². The molecule has 44 heavy (non-hydrogen) atoms. The lowest BCUT2D eigenvalue weighted by Crippen LogP contribution is -2.48. The number of carbonyl (C=O) groups is 2. The van der Waals surface area contributed by atoms with Crippen molar-refractivity contribution in [2.45, 2.75) is 72.4 Å². The monoisotopic (exact) mass is 599 g/mol. The molecule has 5 rings (SSSR count). The molecule has 1 atom stereocenters. The van der Waals surface area contributed by atoms with Crippen molar-refractivity contribution in [3.05, 3.63) is 70.6 Å². The van der Waals surface area contributed by atoms with Crippen LogP contribution in [0, 0.1) is 12.8 Å². The number of H-pyrrole nitrogens is 1. The number of hydrogen-bond acceptors (Lipinski definition) is 7. The number of amides is 1. The Labute approximate surface area is 257 Å². The van der Waals surface area contributed by atoms with Crippen LogP contribution in [0.4, 0.5) is 10.5 Å². The Balaban J connectivity index is 1.44. The lowest BCUT2D eigenvalue weighted by Gasteiger charge is -2.28. The molecule has 0 bridgehead atoms. The van der Waals surface area contributed by atoms with Crippen molar-refractivity contribution >= 4 is 23.4 Å². The summed E-state index contributed by atoms with van der Waals surface area (Å²) in [6.07, 6.45) is 2.70. The fourth-order valence-corrected chi connectivity index (χ4v) is 5.52. The summed E-state index contributed by atoms with van der Waals surface area (Å²) in [5.41, 5.74) is 4.23. The van der Waals surface area contributed by atoms with Gasteiger partial charge in [0.15, 0.2) is 5.65 Å². The zero-order valence-electron chi connectivity index (χ0n) is 26.3. The number of aromatic amines is 1. The van der Waals surface area contributed by atoms with Crippen LogP contribution in [0.25, 0.3) is 28.0 Å². The van der Waals surface area contributed by atoms with Crippen molar-refractivity contribution in [3.8, 4) is 28.1 Å². The molecule has 1 fully saturated rings. The van der Waals surface area contributed by atoms with Gasteiger partial charge in [-0.15, -0.1) is 0 Å². The lowest BCUT2D eigenvalue weighted by atomic mass is 10.0. The van der Waals surface area contributed by atoms with Crippen molar-refractivity contribution in [1.82, 2.24) is 19.9 Å². The van der Waals surface area contributed by atoms with Crippen LogP contribution in [0.3, 0.4) is 0 Å². The maximum atomic E-state index is 14.0. The molecule has 1 amide bonds. The summed E-state index contributed by atoms with van der Waals surface area (Å²) in [6.45, 7) is 12.5. The number of ether oxygens (including phenoxy) is 2. The number of esters is 1. The first-order chi connectivity index (χ1) is 20.9. The molecule has 232 valence electrons. The van der Waals surface area contributed by atoms with E-state index < -0.39 is 23.7 Å². The highest BCUT2D eigenvalue weighted by molar-refractivity contribution is 5.87. The highest BCUT2D eigenvalue weighted by Gasteiger charge is 2.29. The molecule has 0 spiro atoms. The normalized spacial score (nSPS) is 14.5. The molecule has 0 saturated carbocycles. The van der Waals surface area contributed by atoms with Crippen LogP contribution < -0.4 is 20.5 Å². The minimum atomic E-state index is -0.899. The molecule has 1 aliphatic rings. The first kappa shape index (κ1) is 30.8. The average molecular weight is 600 g/mol. The van der Waals surface area contributed by atoms with Gasteiger partial charge in [-0.05, 0) is 70.6 Å². The van der Waals surface area contributed by atoms with E-state index in [1.807, 2.05) is 51.1 Å². The topological polar surface area (TPSA) is 118 Å². The van der Waals surface area contributed by atoms with Gasteiger partial charge in [-0.3, -0.25) is 9.89 Å². The molecule has 10 heteroatoms. The van der Waals surface area contributed by atoms with Crippen LogP contribution in [0.5, 0.6) is 5.75 Å². The quantitative estimate of drug-likeness (QED) is 0.194. The van der Waals surface area contributed by atoms with Crippen molar-refractivity contribution in [2.75, 3.05) is 18.0 Å². The minimum absolute atomic E-state index is 0.209. The van der Waals surface area contributed by atoms with Crippen molar-refractivity contribution < 1.29 is 19.1 Å². The van der Waals surface area contributed by atoms with Crippen molar-refractivity contribution in [2.24, 2.45) is 5.92 Å². The Hall–Kier alpha value is -4.60. The molecular formula is C34H41N5O5. The Morgan fingerprint density at radius 1 is 0.955 bits per heavy atom. The number of piperidine rings is 1. The van der Waals surface area contributed by atoms with Gasteiger partial charge in [0.2, 0.25) is 0 Å². The van der Waals surface area contributed by atoms with Crippen LogP contribution in [-0.2, 0) is 9.53 Å². The number of anilines is 1. The molecule has 0 unspecified atom stereocenters. The van der Waals surface area contributed by atoms with Gasteiger partial charge in [0.05, 0.1) is 17.0 Å². The highest BCUT2D eigenvalue weighted by atomic mass is 16.6. The number of rotatable bonds is 7. The summed E-state index contributed by atoms with van der Waals surface area (Å²) < 4.78 is 12.4. The van der Waals surface area contributed by atoms with Gasteiger partial charge in [0, 0.05) is 18.7 Å². The molecule has 4 aromatic rings. The third-order valence-electron chi connectivity index (χ3n) is 7.63. The van der Waals surface area contributed by atoms with Gasteiger partial charge in [0.1, 0.15) is 23.1 Å². The van der Waals surface area contributed by atoms with Crippen LogP contribution in [0.2, 0.25) is 0 Å². The number of carbonyl (C=O) groups excluding carboxylic acids is 2. The second-order valence-corrected chi connectivity index (χ2v) is 12.6. The smallest absolute Gasteiger partial charge is 0.408 e. The first-order valence-corrected chi connectivity index (χ1v) is 15.2.